The van der Waals surface area contributed by atoms with Gasteiger partial charge in [0.2, 0.25) is 0 Å². The summed E-state index contributed by atoms with van der Waals surface area (Å²) >= 11 is 1.61. The average molecular weight is 287 g/mol. The molecular weight excluding hydrogens is 270 g/mol. The summed E-state index contributed by atoms with van der Waals surface area (Å²) in [5.41, 5.74) is 4.08. The number of benzene rings is 1. The van der Waals surface area contributed by atoms with E-state index in [2.05, 4.69) is 10.3 Å². The summed E-state index contributed by atoms with van der Waals surface area (Å²) in [6.07, 6.45) is 0.992. The number of aryl methyl sites for hydroxylation is 1. The van der Waals surface area contributed by atoms with Crippen molar-refractivity contribution in [1.29, 1.82) is 0 Å². The molecule has 1 aliphatic rings. The van der Waals surface area contributed by atoms with Crippen LogP contribution in [0.25, 0.3) is 0 Å². The molecule has 20 heavy (non-hydrogen) atoms. The summed E-state index contributed by atoms with van der Waals surface area (Å²) in [4.78, 5) is 18.6. The number of carbonyl (C=O) groups excluding carboxylic acids is 1. The zero-order valence-electron chi connectivity index (χ0n) is 11.6. The minimum atomic E-state index is 0.0466. The number of carbonyl (C=O) groups is 1. The largest absolute Gasteiger partial charge is 0.384 e. The van der Waals surface area contributed by atoms with Crippen LogP contribution in [0.5, 0.6) is 0 Å². The van der Waals surface area contributed by atoms with E-state index in [4.69, 9.17) is 0 Å². The Morgan fingerprint density at radius 2 is 2.35 bits per heavy atom. The van der Waals surface area contributed by atoms with Crippen LogP contribution < -0.4 is 5.32 Å². The molecule has 0 atom stereocenters. The molecule has 3 rings (SSSR count). The van der Waals surface area contributed by atoms with Gasteiger partial charge in [-0.15, -0.1) is 11.3 Å². The SMILES string of the molecule is Cc1nc(CN(C)C(=O)c2ccc3c(c2)CCN3)cs1. The number of thiazole rings is 1. The van der Waals surface area contributed by atoms with E-state index < -0.39 is 0 Å². The highest BCUT2D eigenvalue weighted by Gasteiger charge is 2.17. The third-order valence-corrected chi connectivity index (χ3v) is 4.30. The smallest absolute Gasteiger partial charge is 0.253 e. The lowest BCUT2D eigenvalue weighted by molar-refractivity contribution is 0.0783. The Bertz CT molecular complexity index is 650. The first-order valence-corrected chi connectivity index (χ1v) is 7.55. The predicted molar refractivity (Wildman–Crippen MR) is 81.3 cm³/mol. The summed E-state index contributed by atoms with van der Waals surface area (Å²) in [7, 11) is 1.82. The zero-order chi connectivity index (χ0) is 14.1. The third-order valence-electron chi connectivity index (χ3n) is 3.47. The molecule has 1 aromatic carbocycles. The predicted octanol–water partition coefficient (Wildman–Crippen LogP) is 2.69. The van der Waals surface area contributed by atoms with Gasteiger partial charge in [-0.05, 0) is 37.1 Å². The first-order valence-electron chi connectivity index (χ1n) is 6.67. The summed E-state index contributed by atoms with van der Waals surface area (Å²) in [5, 5.41) is 6.34. The van der Waals surface area contributed by atoms with Gasteiger partial charge in [0.15, 0.2) is 0 Å². The van der Waals surface area contributed by atoms with Crippen LogP contribution in [0, 0.1) is 6.92 Å². The number of nitrogens with one attached hydrogen (secondary N) is 1. The minimum absolute atomic E-state index is 0.0466. The number of amides is 1. The van der Waals surface area contributed by atoms with Gasteiger partial charge in [0.1, 0.15) is 0 Å². The monoisotopic (exact) mass is 287 g/mol. The standard InChI is InChI=1S/C15H17N3OS/c1-10-17-13(9-20-10)8-18(2)15(19)12-3-4-14-11(7-12)5-6-16-14/h3-4,7,9,16H,5-6,8H2,1-2H3. The zero-order valence-corrected chi connectivity index (χ0v) is 12.5. The van der Waals surface area contributed by atoms with Gasteiger partial charge in [0.25, 0.3) is 5.91 Å². The average Bonchev–Trinajstić information content (AvgIpc) is 3.05. The van der Waals surface area contributed by atoms with Crippen molar-refractivity contribution < 1.29 is 4.79 Å². The van der Waals surface area contributed by atoms with Crippen LogP contribution in [-0.2, 0) is 13.0 Å². The van der Waals surface area contributed by atoms with Crippen LogP contribution in [0.1, 0.15) is 26.6 Å². The molecule has 4 nitrogen and oxygen atoms in total. The van der Waals surface area contributed by atoms with Crippen LogP contribution >= 0.6 is 11.3 Å². The Balaban J connectivity index is 1.74. The fourth-order valence-electron chi connectivity index (χ4n) is 2.45. The Morgan fingerprint density at radius 1 is 1.50 bits per heavy atom. The van der Waals surface area contributed by atoms with E-state index in [0.717, 1.165) is 34.9 Å². The van der Waals surface area contributed by atoms with Gasteiger partial charge in [0.05, 0.1) is 17.2 Å². The maximum absolute atomic E-state index is 12.4. The fraction of sp³-hybridized carbons (Fsp3) is 0.333. The highest BCUT2D eigenvalue weighted by molar-refractivity contribution is 7.09. The van der Waals surface area contributed by atoms with E-state index in [1.807, 2.05) is 37.6 Å². The normalized spacial score (nSPS) is 12.9. The number of hydrogen-bond donors (Lipinski definition) is 1. The van der Waals surface area contributed by atoms with Crippen molar-refractivity contribution in [2.75, 3.05) is 18.9 Å². The number of anilines is 1. The maximum atomic E-state index is 12.4. The van der Waals surface area contributed by atoms with Gasteiger partial charge in [0, 0.05) is 30.2 Å². The van der Waals surface area contributed by atoms with E-state index >= 15 is 0 Å². The molecule has 1 aromatic heterocycles. The lowest BCUT2D eigenvalue weighted by atomic mass is 10.1. The van der Waals surface area contributed by atoms with Crippen molar-refractivity contribution >= 4 is 22.9 Å². The van der Waals surface area contributed by atoms with Crippen molar-refractivity contribution in [2.24, 2.45) is 0 Å². The molecule has 5 heteroatoms. The highest BCUT2D eigenvalue weighted by Crippen LogP contribution is 2.23. The van der Waals surface area contributed by atoms with E-state index in [1.54, 1.807) is 16.2 Å². The second-order valence-electron chi connectivity index (χ2n) is 5.07. The maximum Gasteiger partial charge on any atom is 0.253 e. The van der Waals surface area contributed by atoms with Crippen molar-refractivity contribution in [3.63, 3.8) is 0 Å². The first kappa shape index (κ1) is 13.1. The number of aromatic nitrogens is 1. The van der Waals surface area contributed by atoms with Gasteiger partial charge in [-0.3, -0.25) is 4.79 Å². The van der Waals surface area contributed by atoms with Crippen LogP contribution in [0.2, 0.25) is 0 Å². The van der Waals surface area contributed by atoms with E-state index in [9.17, 15) is 4.79 Å². The Labute approximate surface area is 122 Å². The number of hydrogen-bond acceptors (Lipinski definition) is 4. The minimum Gasteiger partial charge on any atom is -0.384 e. The second kappa shape index (κ2) is 5.25. The van der Waals surface area contributed by atoms with Gasteiger partial charge in [-0.1, -0.05) is 0 Å². The van der Waals surface area contributed by atoms with Crippen LogP contribution in [0.15, 0.2) is 23.6 Å². The topological polar surface area (TPSA) is 45.2 Å². The van der Waals surface area contributed by atoms with E-state index in [0.29, 0.717) is 6.54 Å². The van der Waals surface area contributed by atoms with Gasteiger partial charge >= 0.3 is 0 Å². The third kappa shape index (κ3) is 2.54. The molecule has 1 amide bonds. The summed E-state index contributed by atoms with van der Waals surface area (Å²) < 4.78 is 0. The Hall–Kier alpha value is -1.88. The fourth-order valence-corrected chi connectivity index (χ4v) is 3.06. The van der Waals surface area contributed by atoms with Crippen molar-refractivity contribution in [3.05, 3.63) is 45.4 Å². The molecule has 0 unspecified atom stereocenters. The van der Waals surface area contributed by atoms with E-state index in [-0.39, 0.29) is 5.91 Å². The van der Waals surface area contributed by atoms with Crippen molar-refractivity contribution in [1.82, 2.24) is 9.88 Å². The van der Waals surface area contributed by atoms with Crippen molar-refractivity contribution in [3.8, 4) is 0 Å². The summed E-state index contributed by atoms with van der Waals surface area (Å²) in [6.45, 7) is 3.49. The van der Waals surface area contributed by atoms with E-state index in [1.165, 1.54) is 5.56 Å². The summed E-state index contributed by atoms with van der Waals surface area (Å²) in [6, 6.07) is 5.89. The molecule has 1 aliphatic heterocycles. The van der Waals surface area contributed by atoms with Gasteiger partial charge in [-0.25, -0.2) is 4.98 Å². The van der Waals surface area contributed by atoms with Crippen LogP contribution in [0.3, 0.4) is 0 Å². The first-order chi connectivity index (χ1) is 9.63. The quantitative estimate of drug-likeness (QED) is 0.944. The summed E-state index contributed by atoms with van der Waals surface area (Å²) in [5.74, 6) is 0.0466. The molecule has 2 heterocycles. The Morgan fingerprint density at radius 3 is 3.10 bits per heavy atom. The molecule has 2 aromatic rings. The molecule has 1 N–H and O–H groups in total. The molecular formula is C15H17N3OS. The highest BCUT2D eigenvalue weighted by atomic mass is 32.1. The van der Waals surface area contributed by atoms with Crippen LogP contribution in [0.4, 0.5) is 5.69 Å². The molecule has 0 aliphatic carbocycles. The molecule has 104 valence electrons. The molecule has 0 bridgehead atoms. The molecule has 0 fully saturated rings. The number of fused-ring (bicyclic) bond motifs is 1. The Kier molecular flexibility index (Phi) is 3.44. The lowest BCUT2D eigenvalue weighted by Crippen LogP contribution is -2.26. The second-order valence-corrected chi connectivity index (χ2v) is 6.13. The van der Waals surface area contributed by atoms with Crippen LogP contribution in [-0.4, -0.2) is 29.4 Å². The van der Waals surface area contributed by atoms with Crippen molar-refractivity contribution in [2.45, 2.75) is 19.9 Å². The lowest BCUT2D eigenvalue weighted by Gasteiger charge is -2.16. The molecule has 0 spiro atoms. The number of rotatable bonds is 3. The van der Waals surface area contributed by atoms with Gasteiger partial charge < -0.3 is 10.2 Å². The van der Waals surface area contributed by atoms with Gasteiger partial charge in [-0.2, -0.15) is 0 Å². The number of nitrogens with zero attached hydrogens (tertiary/aromatic N) is 2. The molecule has 0 radical (unpaired) electrons. The molecule has 0 saturated heterocycles. The molecule has 0 saturated carbocycles.